The molecule has 6 nitrogen and oxygen atoms in total. The first-order valence-corrected chi connectivity index (χ1v) is 8.14. The van der Waals surface area contributed by atoms with Crippen LogP contribution in [0.4, 0.5) is 18.9 Å². The third kappa shape index (κ3) is 4.21. The van der Waals surface area contributed by atoms with Gasteiger partial charge in [-0.1, -0.05) is 0 Å². The lowest BCUT2D eigenvalue weighted by Crippen LogP contribution is -2.14. The van der Waals surface area contributed by atoms with E-state index >= 15 is 0 Å². The average molecular weight is 375 g/mol. The number of hydrogen-bond donors (Lipinski definition) is 2. The van der Waals surface area contributed by atoms with Crippen LogP contribution in [-0.4, -0.2) is 26.6 Å². The number of aromatic hydroxyl groups is 1. The van der Waals surface area contributed by atoms with Gasteiger partial charge in [-0.05, 0) is 36.4 Å². The molecule has 2 N–H and O–H groups in total. The van der Waals surface area contributed by atoms with E-state index in [4.69, 9.17) is 0 Å². The number of esters is 1. The molecule has 0 unspecified atom stereocenters. The minimum Gasteiger partial charge on any atom is -0.507 e. The van der Waals surface area contributed by atoms with E-state index in [1.54, 1.807) is 0 Å². The largest absolute Gasteiger partial charge is 0.507 e. The standard InChI is InChI=1S/C15H12F3NO5S/c1-24-14(21)12-7-4-10(8-13(12)20)19-25(22,23)11-5-2-9(3-6-11)15(16,17)18/h2-8,19-20H,1H3. The molecule has 0 aliphatic rings. The summed E-state index contributed by atoms with van der Waals surface area (Å²) in [5.41, 5.74) is -1.23. The molecule has 0 aliphatic carbocycles. The van der Waals surface area contributed by atoms with Crippen molar-refractivity contribution in [3.05, 3.63) is 53.6 Å². The predicted octanol–water partition coefficient (Wildman–Crippen LogP) is 3.00. The van der Waals surface area contributed by atoms with Gasteiger partial charge in [0.15, 0.2) is 0 Å². The first kappa shape index (κ1) is 18.6. The van der Waals surface area contributed by atoms with E-state index in [1.807, 2.05) is 0 Å². The zero-order chi connectivity index (χ0) is 18.8. The van der Waals surface area contributed by atoms with E-state index in [-0.39, 0.29) is 11.3 Å². The summed E-state index contributed by atoms with van der Waals surface area (Å²) in [5.74, 6) is -1.32. The van der Waals surface area contributed by atoms with E-state index in [2.05, 4.69) is 9.46 Å². The number of sulfonamides is 1. The zero-order valence-electron chi connectivity index (χ0n) is 12.7. The van der Waals surface area contributed by atoms with Gasteiger partial charge in [0.1, 0.15) is 11.3 Å². The second-order valence-corrected chi connectivity index (χ2v) is 6.53. The van der Waals surface area contributed by atoms with Gasteiger partial charge >= 0.3 is 12.1 Å². The van der Waals surface area contributed by atoms with Gasteiger partial charge in [0.05, 0.1) is 23.3 Å². The summed E-state index contributed by atoms with van der Waals surface area (Å²) in [4.78, 5) is 11.0. The van der Waals surface area contributed by atoms with Gasteiger partial charge in [-0.3, -0.25) is 4.72 Å². The van der Waals surface area contributed by atoms with Gasteiger partial charge in [-0.25, -0.2) is 13.2 Å². The summed E-state index contributed by atoms with van der Waals surface area (Å²) in [5, 5.41) is 9.73. The molecule has 0 aromatic heterocycles. The van der Waals surface area contributed by atoms with Crippen molar-refractivity contribution < 1.29 is 36.2 Å². The third-order valence-corrected chi connectivity index (χ3v) is 4.54. The van der Waals surface area contributed by atoms with Crippen LogP contribution in [0.5, 0.6) is 5.75 Å². The van der Waals surface area contributed by atoms with Crippen molar-refractivity contribution in [2.75, 3.05) is 11.8 Å². The number of anilines is 1. The zero-order valence-corrected chi connectivity index (χ0v) is 13.5. The fourth-order valence-electron chi connectivity index (χ4n) is 1.91. The first-order valence-electron chi connectivity index (χ1n) is 6.66. The Labute approximate surface area is 140 Å². The Kier molecular flexibility index (Phi) is 4.93. The number of methoxy groups -OCH3 is 1. The van der Waals surface area contributed by atoms with Crippen LogP contribution < -0.4 is 4.72 Å². The van der Waals surface area contributed by atoms with Crippen molar-refractivity contribution >= 4 is 21.7 Å². The topological polar surface area (TPSA) is 92.7 Å². The molecule has 0 bridgehead atoms. The molecule has 0 radical (unpaired) electrons. The van der Waals surface area contributed by atoms with E-state index in [0.717, 1.165) is 31.4 Å². The molecule has 0 saturated carbocycles. The van der Waals surface area contributed by atoms with Crippen molar-refractivity contribution in [2.45, 2.75) is 11.1 Å². The summed E-state index contributed by atoms with van der Waals surface area (Å²) < 4.78 is 68.4. The number of rotatable bonds is 4. The number of phenols is 1. The highest BCUT2D eigenvalue weighted by Gasteiger charge is 2.30. The van der Waals surface area contributed by atoms with Gasteiger partial charge < -0.3 is 9.84 Å². The Bertz CT molecular complexity index is 892. The molecule has 10 heteroatoms. The molecule has 0 amide bonds. The van der Waals surface area contributed by atoms with Crippen LogP contribution in [-0.2, 0) is 20.9 Å². The normalized spacial score (nSPS) is 11.8. The highest BCUT2D eigenvalue weighted by molar-refractivity contribution is 7.92. The summed E-state index contributed by atoms with van der Waals surface area (Å²) in [6.45, 7) is 0. The molecule has 0 saturated heterocycles. The summed E-state index contributed by atoms with van der Waals surface area (Å²) >= 11 is 0. The van der Waals surface area contributed by atoms with Crippen LogP contribution in [0.25, 0.3) is 0 Å². The molecule has 0 aliphatic heterocycles. The smallest absolute Gasteiger partial charge is 0.416 e. The average Bonchev–Trinajstić information content (AvgIpc) is 2.53. The second-order valence-electron chi connectivity index (χ2n) is 4.85. The number of carbonyl (C=O) groups excluding carboxylic acids is 1. The van der Waals surface area contributed by atoms with Crippen LogP contribution >= 0.6 is 0 Å². The molecular weight excluding hydrogens is 363 g/mol. The molecule has 2 aromatic carbocycles. The Morgan fingerprint density at radius 2 is 1.72 bits per heavy atom. The Balaban J connectivity index is 2.27. The fraction of sp³-hybridized carbons (Fsp3) is 0.133. The molecule has 25 heavy (non-hydrogen) atoms. The lowest BCUT2D eigenvalue weighted by Gasteiger charge is -2.11. The molecule has 0 fully saturated rings. The number of benzene rings is 2. The molecule has 2 rings (SSSR count). The molecular formula is C15H12F3NO5S. The Morgan fingerprint density at radius 1 is 1.12 bits per heavy atom. The molecule has 0 heterocycles. The maximum Gasteiger partial charge on any atom is 0.416 e. The highest BCUT2D eigenvalue weighted by atomic mass is 32.2. The van der Waals surface area contributed by atoms with Crippen molar-refractivity contribution in [3.8, 4) is 5.75 Å². The van der Waals surface area contributed by atoms with Crippen molar-refractivity contribution in [2.24, 2.45) is 0 Å². The predicted molar refractivity (Wildman–Crippen MR) is 81.7 cm³/mol. The van der Waals surface area contributed by atoms with E-state index in [0.29, 0.717) is 12.1 Å². The van der Waals surface area contributed by atoms with Gasteiger partial charge in [0.25, 0.3) is 10.0 Å². The quantitative estimate of drug-likeness (QED) is 0.802. The SMILES string of the molecule is COC(=O)c1ccc(NS(=O)(=O)c2ccc(C(F)(F)F)cc2)cc1O. The minimum absolute atomic E-state index is 0.0787. The maximum atomic E-state index is 12.5. The van der Waals surface area contributed by atoms with Gasteiger partial charge in [0.2, 0.25) is 0 Å². The number of nitrogens with one attached hydrogen (secondary N) is 1. The summed E-state index contributed by atoms with van der Waals surface area (Å²) in [6.07, 6.45) is -4.58. The number of halogens is 3. The van der Waals surface area contributed by atoms with Crippen LogP contribution in [0.3, 0.4) is 0 Å². The maximum absolute atomic E-state index is 12.5. The first-order chi connectivity index (χ1) is 11.5. The summed E-state index contributed by atoms with van der Waals surface area (Å²) in [7, 11) is -3.06. The van der Waals surface area contributed by atoms with Crippen molar-refractivity contribution in [1.82, 2.24) is 0 Å². The van der Waals surface area contributed by atoms with Crippen molar-refractivity contribution in [3.63, 3.8) is 0 Å². The minimum atomic E-state index is -4.58. The monoisotopic (exact) mass is 375 g/mol. The molecule has 2 aromatic rings. The number of hydrogen-bond acceptors (Lipinski definition) is 5. The number of carbonyl (C=O) groups is 1. The van der Waals surface area contributed by atoms with E-state index in [9.17, 15) is 31.5 Å². The summed E-state index contributed by atoms with van der Waals surface area (Å²) in [6, 6.07) is 6.24. The highest BCUT2D eigenvalue weighted by Crippen LogP contribution is 2.30. The Hall–Kier alpha value is -2.75. The Morgan fingerprint density at radius 3 is 2.20 bits per heavy atom. The lowest BCUT2D eigenvalue weighted by molar-refractivity contribution is -0.137. The fourth-order valence-corrected chi connectivity index (χ4v) is 2.96. The number of alkyl halides is 3. The van der Waals surface area contributed by atoms with Crippen LogP contribution in [0.2, 0.25) is 0 Å². The van der Waals surface area contributed by atoms with Crippen LogP contribution in [0, 0.1) is 0 Å². The van der Waals surface area contributed by atoms with Gasteiger partial charge in [0, 0.05) is 6.07 Å². The second kappa shape index (κ2) is 6.63. The van der Waals surface area contributed by atoms with Crippen molar-refractivity contribution in [1.29, 1.82) is 0 Å². The lowest BCUT2D eigenvalue weighted by atomic mass is 10.2. The van der Waals surface area contributed by atoms with Gasteiger partial charge in [-0.15, -0.1) is 0 Å². The molecule has 134 valence electrons. The molecule has 0 atom stereocenters. The van der Waals surface area contributed by atoms with E-state index < -0.39 is 38.4 Å². The molecule has 0 spiro atoms. The van der Waals surface area contributed by atoms with Gasteiger partial charge in [-0.2, -0.15) is 13.2 Å². The van der Waals surface area contributed by atoms with E-state index in [1.165, 1.54) is 6.07 Å². The number of ether oxygens (including phenoxy) is 1. The third-order valence-electron chi connectivity index (χ3n) is 3.15. The number of phenolic OH excluding ortho intramolecular Hbond substituents is 1. The van der Waals surface area contributed by atoms with Crippen LogP contribution in [0.1, 0.15) is 15.9 Å². The van der Waals surface area contributed by atoms with Crippen LogP contribution in [0.15, 0.2) is 47.4 Å².